The van der Waals surface area contributed by atoms with Gasteiger partial charge in [-0.3, -0.25) is 0 Å². The van der Waals surface area contributed by atoms with Crippen molar-refractivity contribution in [3.05, 3.63) is 58.1 Å². The van der Waals surface area contributed by atoms with Crippen LogP contribution in [0.5, 0.6) is 11.5 Å². The van der Waals surface area contributed by atoms with Gasteiger partial charge in [0.1, 0.15) is 23.1 Å². The molecule has 2 N–H and O–H groups in total. The molecule has 3 nitrogen and oxygen atoms in total. The molecular formula is C16H14ClNO2S. The molecular weight excluding hydrogens is 306 g/mol. The van der Waals surface area contributed by atoms with E-state index in [0.29, 0.717) is 23.2 Å². The zero-order chi connectivity index (χ0) is 14.8. The van der Waals surface area contributed by atoms with Crippen LogP contribution in [0.15, 0.2) is 36.4 Å². The minimum absolute atomic E-state index is 0.377. The lowest BCUT2D eigenvalue weighted by Crippen LogP contribution is -2.08. The van der Waals surface area contributed by atoms with Gasteiger partial charge in [-0.15, -0.1) is 0 Å². The molecule has 3 rings (SSSR count). The van der Waals surface area contributed by atoms with E-state index in [1.54, 1.807) is 0 Å². The Hall–Kier alpha value is -1.78. The Bertz CT molecular complexity index is 685. The molecule has 1 aliphatic rings. The Morgan fingerprint density at radius 2 is 2.05 bits per heavy atom. The van der Waals surface area contributed by atoms with Crippen molar-refractivity contribution in [3.8, 4) is 11.5 Å². The highest BCUT2D eigenvalue weighted by Gasteiger charge is 2.17. The molecule has 0 amide bonds. The molecule has 0 atom stereocenters. The summed E-state index contributed by atoms with van der Waals surface area (Å²) >= 11 is 11.0. The van der Waals surface area contributed by atoms with Gasteiger partial charge in [-0.2, -0.15) is 0 Å². The second-order valence-corrected chi connectivity index (χ2v) is 5.71. The van der Waals surface area contributed by atoms with E-state index in [0.717, 1.165) is 34.6 Å². The number of fused-ring (bicyclic) bond motifs is 1. The van der Waals surface area contributed by atoms with Crippen LogP contribution in [0.1, 0.15) is 16.7 Å². The first-order valence-corrected chi connectivity index (χ1v) is 7.39. The summed E-state index contributed by atoms with van der Waals surface area (Å²) in [5.74, 6) is 1.65. The monoisotopic (exact) mass is 319 g/mol. The number of hydrogen-bond donors (Lipinski definition) is 1. The van der Waals surface area contributed by atoms with Gasteiger partial charge in [0.15, 0.2) is 0 Å². The first-order valence-electron chi connectivity index (χ1n) is 6.60. The number of thiocarbonyl (C=S) groups is 1. The van der Waals surface area contributed by atoms with Crippen LogP contribution in [-0.4, -0.2) is 11.6 Å². The Balaban J connectivity index is 1.75. The quantitative estimate of drug-likeness (QED) is 0.876. The van der Waals surface area contributed by atoms with Gasteiger partial charge in [-0.25, -0.2) is 0 Å². The molecule has 2 aromatic carbocycles. The number of halogens is 1. The molecule has 5 heteroatoms. The third-order valence-electron chi connectivity index (χ3n) is 3.36. The fourth-order valence-corrected chi connectivity index (χ4v) is 2.73. The van der Waals surface area contributed by atoms with Crippen molar-refractivity contribution >= 4 is 28.8 Å². The van der Waals surface area contributed by atoms with Crippen LogP contribution >= 0.6 is 23.8 Å². The average molecular weight is 320 g/mol. The molecule has 0 saturated carbocycles. The number of hydrogen-bond acceptors (Lipinski definition) is 3. The van der Waals surface area contributed by atoms with Crippen molar-refractivity contribution in [2.45, 2.75) is 13.0 Å². The smallest absolute Gasteiger partial charge is 0.129 e. The van der Waals surface area contributed by atoms with Gasteiger partial charge >= 0.3 is 0 Å². The molecule has 1 heterocycles. The summed E-state index contributed by atoms with van der Waals surface area (Å²) in [7, 11) is 0. The van der Waals surface area contributed by atoms with Gasteiger partial charge in [-0.05, 0) is 42.0 Å². The van der Waals surface area contributed by atoms with Crippen LogP contribution in [0.4, 0.5) is 0 Å². The number of benzene rings is 2. The molecule has 0 unspecified atom stereocenters. The van der Waals surface area contributed by atoms with E-state index in [1.165, 1.54) is 0 Å². The summed E-state index contributed by atoms with van der Waals surface area (Å²) in [5, 5.41) is 0.710. The highest BCUT2D eigenvalue weighted by Crippen LogP contribution is 2.33. The van der Waals surface area contributed by atoms with E-state index in [9.17, 15) is 0 Å². The van der Waals surface area contributed by atoms with Crippen LogP contribution in [-0.2, 0) is 13.0 Å². The van der Waals surface area contributed by atoms with Gasteiger partial charge in [-0.1, -0.05) is 23.8 Å². The van der Waals surface area contributed by atoms with E-state index >= 15 is 0 Å². The third kappa shape index (κ3) is 3.12. The Labute approximate surface area is 133 Å². The van der Waals surface area contributed by atoms with E-state index in [-0.39, 0.29) is 0 Å². The summed E-state index contributed by atoms with van der Waals surface area (Å²) in [6.07, 6.45) is 0.894. The highest BCUT2D eigenvalue weighted by atomic mass is 35.5. The minimum Gasteiger partial charge on any atom is -0.493 e. The molecule has 0 fully saturated rings. The van der Waals surface area contributed by atoms with Crippen molar-refractivity contribution in [1.82, 2.24) is 0 Å². The summed E-state index contributed by atoms with van der Waals surface area (Å²) < 4.78 is 11.4. The first kappa shape index (κ1) is 14.2. The lowest BCUT2D eigenvalue weighted by molar-refractivity contribution is 0.292. The van der Waals surface area contributed by atoms with E-state index in [1.807, 2.05) is 36.4 Å². The van der Waals surface area contributed by atoms with Crippen LogP contribution in [0.3, 0.4) is 0 Å². The first-order chi connectivity index (χ1) is 10.1. The van der Waals surface area contributed by atoms with Crippen molar-refractivity contribution in [2.75, 3.05) is 6.61 Å². The molecule has 0 spiro atoms. The largest absolute Gasteiger partial charge is 0.493 e. The molecule has 0 radical (unpaired) electrons. The molecule has 1 aliphatic heterocycles. The normalized spacial score (nSPS) is 12.6. The van der Waals surface area contributed by atoms with Gasteiger partial charge < -0.3 is 15.2 Å². The van der Waals surface area contributed by atoms with Gasteiger partial charge in [0.25, 0.3) is 0 Å². The second-order valence-electron chi connectivity index (χ2n) is 4.83. The van der Waals surface area contributed by atoms with Crippen LogP contribution < -0.4 is 15.2 Å². The van der Waals surface area contributed by atoms with Gasteiger partial charge in [0.05, 0.1) is 6.61 Å². The molecule has 21 heavy (non-hydrogen) atoms. The molecule has 2 aromatic rings. The average Bonchev–Trinajstić information content (AvgIpc) is 2.93. The molecule has 108 valence electrons. The summed E-state index contributed by atoms with van der Waals surface area (Å²) in [5.41, 5.74) is 8.50. The maximum Gasteiger partial charge on any atom is 0.129 e. The molecule has 0 aromatic heterocycles. The van der Waals surface area contributed by atoms with Crippen LogP contribution in [0.2, 0.25) is 5.02 Å². The fraction of sp³-hybridized carbons (Fsp3) is 0.188. The predicted octanol–water partition coefficient (Wildman–Crippen LogP) is 3.49. The Morgan fingerprint density at radius 3 is 2.76 bits per heavy atom. The molecule has 0 aliphatic carbocycles. The lowest BCUT2D eigenvalue weighted by atomic mass is 10.1. The number of nitrogens with two attached hydrogens (primary N) is 1. The third-order valence-corrected chi connectivity index (χ3v) is 3.81. The van der Waals surface area contributed by atoms with E-state index < -0.39 is 0 Å². The zero-order valence-electron chi connectivity index (χ0n) is 11.3. The summed E-state index contributed by atoms with van der Waals surface area (Å²) in [4.78, 5) is 0.377. The highest BCUT2D eigenvalue weighted by molar-refractivity contribution is 7.80. The van der Waals surface area contributed by atoms with Crippen molar-refractivity contribution in [3.63, 3.8) is 0 Å². The molecule has 0 bridgehead atoms. The zero-order valence-corrected chi connectivity index (χ0v) is 12.8. The summed E-state index contributed by atoms with van der Waals surface area (Å²) in [6, 6.07) is 11.2. The van der Waals surface area contributed by atoms with E-state index in [4.69, 9.17) is 39.0 Å². The topological polar surface area (TPSA) is 44.5 Å². The lowest BCUT2D eigenvalue weighted by Gasteiger charge is -2.11. The Kier molecular flexibility index (Phi) is 3.99. The van der Waals surface area contributed by atoms with Crippen molar-refractivity contribution < 1.29 is 9.47 Å². The summed E-state index contributed by atoms with van der Waals surface area (Å²) in [6.45, 7) is 1.11. The maximum absolute atomic E-state index is 6.13. The molecule has 0 saturated heterocycles. The van der Waals surface area contributed by atoms with E-state index in [2.05, 4.69) is 0 Å². The van der Waals surface area contributed by atoms with Crippen LogP contribution in [0, 0.1) is 0 Å². The second kappa shape index (κ2) is 5.92. The maximum atomic E-state index is 6.13. The van der Waals surface area contributed by atoms with Crippen molar-refractivity contribution in [2.24, 2.45) is 5.73 Å². The van der Waals surface area contributed by atoms with Gasteiger partial charge in [0, 0.05) is 22.6 Å². The fourth-order valence-electron chi connectivity index (χ4n) is 2.33. The van der Waals surface area contributed by atoms with Crippen LogP contribution in [0.25, 0.3) is 0 Å². The predicted molar refractivity (Wildman–Crippen MR) is 87.3 cm³/mol. The Morgan fingerprint density at radius 1 is 1.29 bits per heavy atom. The number of rotatable bonds is 4. The van der Waals surface area contributed by atoms with Gasteiger partial charge in [0.2, 0.25) is 0 Å². The standard InChI is InChI=1S/C16H14ClNO2S/c17-13-7-11-5-6-19-15(11)12(8-13)9-20-14-3-1-10(2-4-14)16(18)21/h1-4,7-8H,5-6,9H2,(H2,18,21). The SMILES string of the molecule is NC(=S)c1ccc(OCc2cc(Cl)cc3c2OCC3)cc1. The minimum atomic E-state index is 0.377. The number of ether oxygens (including phenoxy) is 2. The van der Waals surface area contributed by atoms with Crippen molar-refractivity contribution in [1.29, 1.82) is 0 Å².